The fourth-order valence-electron chi connectivity index (χ4n) is 2.69. The highest BCUT2D eigenvalue weighted by Crippen LogP contribution is 2.42. The van der Waals surface area contributed by atoms with Gasteiger partial charge < -0.3 is 20.1 Å². The minimum atomic E-state index is -0.828. The van der Waals surface area contributed by atoms with E-state index in [4.69, 9.17) is 9.84 Å². The number of ether oxygens (including phenoxy) is 1. The Labute approximate surface area is 113 Å². The third-order valence-corrected chi connectivity index (χ3v) is 3.99. The van der Waals surface area contributed by atoms with Gasteiger partial charge in [-0.15, -0.1) is 0 Å². The molecule has 1 aliphatic carbocycles. The number of carbonyl (C=O) groups is 2. The number of rotatable bonds is 4. The van der Waals surface area contributed by atoms with Crippen molar-refractivity contribution in [3.8, 4) is 0 Å². The molecule has 2 aliphatic rings. The molecule has 6 nitrogen and oxygen atoms in total. The lowest BCUT2D eigenvalue weighted by atomic mass is 9.69. The topological polar surface area (TPSA) is 78.9 Å². The molecule has 1 heterocycles. The van der Waals surface area contributed by atoms with Gasteiger partial charge in [0.15, 0.2) is 0 Å². The minimum Gasteiger partial charge on any atom is -0.481 e. The number of hydrogen-bond donors (Lipinski definition) is 2. The summed E-state index contributed by atoms with van der Waals surface area (Å²) in [6.07, 6.45) is 4.05. The molecule has 0 unspecified atom stereocenters. The number of urea groups is 1. The van der Waals surface area contributed by atoms with Crippen LogP contribution >= 0.6 is 0 Å². The first-order valence-electron chi connectivity index (χ1n) is 6.94. The fourth-order valence-corrected chi connectivity index (χ4v) is 2.69. The lowest BCUT2D eigenvalue weighted by molar-refractivity contribution is -0.137. The van der Waals surface area contributed by atoms with Crippen LogP contribution in [0.15, 0.2) is 0 Å². The van der Waals surface area contributed by atoms with Gasteiger partial charge in [0, 0.05) is 31.5 Å². The van der Waals surface area contributed by atoms with Crippen molar-refractivity contribution in [3.05, 3.63) is 0 Å². The van der Waals surface area contributed by atoms with Crippen LogP contribution in [0.2, 0.25) is 0 Å². The molecule has 108 valence electrons. The van der Waals surface area contributed by atoms with Crippen molar-refractivity contribution < 1.29 is 19.4 Å². The van der Waals surface area contributed by atoms with E-state index >= 15 is 0 Å². The Morgan fingerprint density at radius 3 is 2.79 bits per heavy atom. The molecule has 0 aromatic carbocycles. The van der Waals surface area contributed by atoms with Crippen LogP contribution in [0.3, 0.4) is 0 Å². The summed E-state index contributed by atoms with van der Waals surface area (Å²) in [5.41, 5.74) is 0.176. The van der Waals surface area contributed by atoms with Crippen LogP contribution in [0.5, 0.6) is 0 Å². The molecular weight excluding hydrogens is 248 g/mol. The molecule has 0 bridgehead atoms. The number of carboxylic acids is 1. The molecule has 1 saturated heterocycles. The number of nitrogens with one attached hydrogen (secondary N) is 1. The maximum atomic E-state index is 12.0. The Morgan fingerprint density at radius 1 is 1.37 bits per heavy atom. The summed E-state index contributed by atoms with van der Waals surface area (Å²) >= 11 is 0. The average Bonchev–Trinajstić information content (AvgIpc) is 2.56. The van der Waals surface area contributed by atoms with Crippen molar-refractivity contribution in [2.24, 2.45) is 5.41 Å². The van der Waals surface area contributed by atoms with E-state index < -0.39 is 5.97 Å². The summed E-state index contributed by atoms with van der Waals surface area (Å²) in [6, 6.07) is -0.0952. The first-order chi connectivity index (χ1) is 9.11. The Kier molecular flexibility index (Phi) is 4.63. The molecule has 0 aromatic rings. The van der Waals surface area contributed by atoms with Gasteiger partial charge >= 0.3 is 12.0 Å². The van der Waals surface area contributed by atoms with Crippen molar-refractivity contribution in [3.63, 3.8) is 0 Å². The zero-order valence-electron chi connectivity index (χ0n) is 11.2. The van der Waals surface area contributed by atoms with Crippen molar-refractivity contribution in [1.82, 2.24) is 10.2 Å². The molecule has 2 rings (SSSR count). The quantitative estimate of drug-likeness (QED) is 0.749. The maximum Gasteiger partial charge on any atom is 0.317 e. The number of carboxylic acid groups (broad SMARTS) is 1. The third-order valence-electron chi connectivity index (χ3n) is 3.99. The van der Waals surface area contributed by atoms with Gasteiger partial charge in [-0.2, -0.15) is 0 Å². The van der Waals surface area contributed by atoms with Gasteiger partial charge in [-0.25, -0.2) is 4.79 Å². The number of nitrogens with zero attached hydrogens (tertiary/aromatic N) is 1. The van der Waals surface area contributed by atoms with E-state index in [1.807, 2.05) is 4.90 Å². The summed E-state index contributed by atoms with van der Waals surface area (Å²) < 4.78 is 5.59. The summed E-state index contributed by atoms with van der Waals surface area (Å²) in [5.74, 6) is -0.828. The van der Waals surface area contributed by atoms with Gasteiger partial charge in [-0.3, -0.25) is 4.79 Å². The van der Waals surface area contributed by atoms with Gasteiger partial charge in [0.2, 0.25) is 0 Å². The second kappa shape index (κ2) is 6.23. The zero-order chi connectivity index (χ0) is 13.7. The van der Waals surface area contributed by atoms with Gasteiger partial charge in [0.05, 0.1) is 13.2 Å². The predicted molar refractivity (Wildman–Crippen MR) is 68.9 cm³/mol. The van der Waals surface area contributed by atoms with E-state index in [1.54, 1.807) is 0 Å². The highest BCUT2D eigenvalue weighted by molar-refractivity contribution is 5.74. The summed E-state index contributed by atoms with van der Waals surface area (Å²) in [7, 11) is 0. The van der Waals surface area contributed by atoms with Crippen LogP contribution < -0.4 is 5.32 Å². The van der Waals surface area contributed by atoms with E-state index in [0.717, 1.165) is 26.0 Å². The first kappa shape index (κ1) is 14.1. The largest absolute Gasteiger partial charge is 0.481 e. The zero-order valence-corrected chi connectivity index (χ0v) is 11.2. The molecule has 2 fully saturated rings. The predicted octanol–water partition coefficient (Wildman–Crippen LogP) is 1.06. The lowest BCUT2D eigenvalue weighted by Crippen LogP contribution is -2.48. The molecule has 0 atom stereocenters. The summed E-state index contributed by atoms with van der Waals surface area (Å²) in [4.78, 5) is 24.2. The third kappa shape index (κ3) is 3.83. The van der Waals surface area contributed by atoms with Gasteiger partial charge in [0.1, 0.15) is 0 Å². The number of carbonyl (C=O) groups excluding carboxylic acids is 1. The Hall–Kier alpha value is -1.30. The highest BCUT2D eigenvalue weighted by Gasteiger charge is 2.41. The standard InChI is InChI=1S/C13H22N2O4/c16-11(17)3-1-6-14-12(18)15-7-8-19-10-13(9-15)4-2-5-13/h1-10H2,(H,14,18)(H,16,17). The SMILES string of the molecule is O=C(O)CCCNC(=O)N1CCOCC2(CCC2)C1. The second-order valence-corrected chi connectivity index (χ2v) is 5.56. The number of amides is 2. The molecule has 1 saturated carbocycles. The van der Waals surface area contributed by atoms with Crippen molar-refractivity contribution >= 4 is 12.0 Å². The molecule has 1 aliphatic heterocycles. The summed E-state index contributed by atoms with van der Waals surface area (Å²) in [5, 5.41) is 11.3. The lowest BCUT2D eigenvalue weighted by Gasteiger charge is -2.42. The molecule has 0 radical (unpaired) electrons. The van der Waals surface area contributed by atoms with E-state index in [0.29, 0.717) is 26.1 Å². The monoisotopic (exact) mass is 270 g/mol. The highest BCUT2D eigenvalue weighted by atomic mass is 16.5. The van der Waals surface area contributed by atoms with Crippen LogP contribution in [0, 0.1) is 5.41 Å². The molecule has 19 heavy (non-hydrogen) atoms. The second-order valence-electron chi connectivity index (χ2n) is 5.56. The Bertz CT molecular complexity index is 342. The van der Waals surface area contributed by atoms with Crippen LogP contribution in [0.4, 0.5) is 4.79 Å². The molecule has 0 aromatic heterocycles. The molecular formula is C13H22N2O4. The van der Waals surface area contributed by atoms with Gasteiger partial charge in [-0.05, 0) is 19.3 Å². The number of aliphatic carboxylic acids is 1. The summed E-state index contributed by atoms with van der Waals surface area (Å²) in [6.45, 7) is 3.14. The van der Waals surface area contributed by atoms with Gasteiger partial charge in [0.25, 0.3) is 0 Å². The van der Waals surface area contributed by atoms with E-state index in [2.05, 4.69) is 5.32 Å². The minimum absolute atomic E-state index is 0.0906. The normalized spacial score (nSPS) is 21.6. The van der Waals surface area contributed by atoms with Crippen molar-refractivity contribution in [1.29, 1.82) is 0 Å². The Morgan fingerprint density at radius 2 is 2.16 bits per heavy atom. The van der Waals surface area contributed by atoms with E-state index in [9.17, 15) is 9.59 Å². The molecule has 2 N–H and O–H groups in total. The number of hydrogen-bond acceptors (Lipinski definition) is 3. The van der Waals surface area contributed by atoms with Crippen LogP contribution in [0.25, 0.3) is 0 Å². The van der Waals surface area contributed by atoms with Crippen molar-refractivity contribution in [2.75, 3.05) is 32.8 Å². The average molecular weight is 270 g/mol. The van der Waals surface area contributed by atoms with E-state index in [-0.39, 0.29) is 17.9 Å². The fraction of sp³-hybridized carbons (Fsp3) is 0.846. The Balaban J connectivity index is 1.75. The van der Waals surface area contributed by atoms with Gasteiger partial charge in [-0.1, -0.05) is 6.42 Å². The molecule has 2 amide bonds. The first-order valence-corrected chi connectivity index (χ1v) is 6.94. The van der Waals surface area contributed by atoms with Crippen LogP contribution in [-0.2, 0) is 9.53 Å². The molecule has 6 heteroatoms. The van der Waals surface area contributed by atoms with Crippen LogP contribution in [-0.4, -0.2) is 54.9 Å². The van der Waals surface area contributed by atoms with E-state index in [1.165, 1.54) is 6.42 Å². The molecule has 1 spiro atoms. The maximum absolute atomic E-state index is 12.0. The smallest absolute Gasteiger partial charge is 0.317 e. The van der Waals surface area contributed by atoms with Crippen molar-refractivity contribution in [2.45, 2.75) is 32.1 Å². The van der Waals surface area contributed by atoms with Crippen LogP contribution in [0.1, 0.15) is 32.1 Å².